The lowest BCUT2D eigenvalue weighted by Crippen LogP contribution is -2.03. The van der Waals surface area contributed by atoms with Crippen molar-refractivity contribution in [3.63, 3.8) is 0 Å². The van der Waals surface area contributed by atoms with Gasteiger partial charge in [0.25, 0.3) is 0 Å². The Morgan fingerprint density at radius 2 is 2.00 bits per heavy atom. The largest absolute Gasteiger partial charge is 0.418 e. The fourth-order valence-corrected chi connectivity index (χ4v) is 1.87. The van der Waals surface area contributed by atoms with Crippen LogP contribution in [0.4, 0.5) is 18.9 Å². The van der Waals surface area contributed by atoms with Gasteiger partial charge in [-0.3, -0.25) is 0 Å². The third-order valence-corrected chi connectivity index (χ3v) is 2.56. The zero-order valence-corrected chi connectivity index (χ0v) is 8.31. The summed E-state index contributed by atoms with van der Waals surface area (Å²) in [5.74, 6) is 0. The molecule has 2 aromatic rings. The summed E-state index contributed by atoms with van der Waals surface area (Å²) in [7, 11) is 0. The standard InChI is InChI=1S/C9H7F3N2S/c10-9(11,12)5-4-14-3-1-2-6(13)7(14)8(5)15/h1-4,15H,13H2. The van der Waals surface area contributed by atoms with Gasteiger partial charge in [-0.05, 0) is 12.1 Å². The van der Waals surface area contributed by atoms with Crippen molar-refractivity contribution in [2.24, 2.45) is 0 Å². The Balaban J connectivity index is 2.82. The molecule has 6 heteroatoms. The summed E-state index contributed by atoms with van der Waals surface area (Å²) in [6.07, 6.45) is -1.93. The van der Waals surface area contributed by atoms with E-state index in [1.165, 1.54) is 16.7 Å². The van der Waals surface area contributed by atoms with Crippen molar-refractivity contribution in [2.45, 2.75) is 11.1 Å². The van der Waals surface area contributed by atoms with Gasteiger partial charge < -0.3 is 10.1 Å². The number of halogens is 3. The lowest BCUT2D eigenvalue weighted by atomic mass is 10.3. The fourth-order valence-electron chi connectivity index (χ4n) is 1.44. The van der Waals surface area contributed by atoms with Gasteiger partial charge >= 0.3 is 6.18 Å². The first-order chi connectivity index (χ1) is 6.91. The van der Waals surface area contributed by atoms with Crippen molar-refractivity contribution in [2.75, 3.05) is 5.73 Å². The minimum Gasteiger partial charge on any atom is -0.397 e. The lowest BCUT2D eigenvalue weighted by Gasteiger charge is -2.03. The van der Waals surface area contributed by atoms with E-state index in [1.807, 2.05) is 0 Å². The second kappa shape index (κ2) is 3.10. The predicted octanol–water partition coefficient (Wildman–Crippen LogP) is 2.83. The van der Waals surface area contributed by atoms with Gasteiger partial charge in [-0.25, -0.2) is 0 Å². The maximum atomic E-state index is 12.5. The molecule has 0 atom stereocenters. The molecule has 0 radical (unpaired) electrons. The van der Waals surface area contributed by atoms with Gasteiger partial charge in [0.1, 0.15) is 0 Å². The molecule has 0 amide bonds. The van der Waals surface area contributed by atoms with Crippen LogP contribution in [0.2, 0.25) is 0 Å². The van der Waals surface area contributed by atoms with Crippen molar-refractivity contribution < 1.29 is 13.2 Å². The number of nitrogens with zero attached hydrogens (tertiary/aromatic N) is 1. The summed E-state index contributed by atoms with van der Waals surface area (Å²) in [6, 6.07) is 3.12. The molecule has 2 aromatic heterocycles. The molecule has 0 saturated heterocycles. The molecule has 15 heavy (non-hydrogen) atoms. The zero-order valence-electron chi connectivity index (χ0n) is 7.42. The maximum absolute atomic E-state index is 12.5. The van der Waals surface area contributed by atoms with E-state index in [2.05, 4.69) is 12.6 Å². The molecule has 0 aliphatic rings. The number of thiol groups is 1. The molecule has 2 rings (SSSR count). The smallest absolute Gasteiger partial charge is 0.397 e. The van der Waals surface area contributed by atoms with E-state index < -0.39 is 11.7 Å². The number of nitrogen functional groups attached to an aromatic ring is 1. The minimum atomic E-state index is -4.41. The normalized spacial score (nSPS) is 12.3. The van der Waals surface area contributed by atoms with Crippen LogP contribution in [-0.4, -0.2) is 4.40 Å². The van der Waals surface area contributed by atoms with Gasteiger partial charge in [-0.15, -0.1) is 12.6 Å². The van der Waals surface area contributed by atoms with Crippen molar-refractivity contribution in [3.8, 4) is 0 Å². The highest BCUT2D eigenvalue weighted by Gasteiger charge is 2.35. The molecule has 2 heterocycles. The van der Waals surface area contributed by atoms with E-state index in [4.69, 9.17) is 5.73 Å². The second-order valence-corrected chi connectivity index (χ2v) is 3.56. The first-order valence-corrected chi connectivity index (χ1v) is 4.51. The molecule has 0 unspecified atom stereocenters. The van der Waals surface area contributed by atoms with Crippen LogP contribution in [0.25, 0.3) is 5.52 Å². The Morgan fingerprint density at radius 3 is 2.53 bits per heavy atom. The Labute approximate surface area is 88.9 Å². The van der Waals surface area contributed by atoms with Crippen LogP contribution >= 0.6 is 12.6 Å². The number of hydrogen-bond acceptors (Lipinski definition) is 2. The molecule has 0 saturated carbocycles. The predicted molar refractivity (Wildman–Crippen MR) is 54.1 cm³/mol. The minimum absolute atomic E-state index is 0.138. The highest BCUT2D eigenvalue weighted by atomic mass is 32.1. The highest BCUT2D eigenvalue weighted by Crippen LogP contribution is 2.38. The van der Waals surface area contributed by atoms with E-state index >= 15 is 0 Å². The molecule has 0 fully saturated rings. The molecular formula is C9H7F3N2S. The van der Waals surface area contributed by atoms with Crippen LogP contribution in [0.15, 0.2) is 29.4 Å². The van der Waals surface area contributed by atoms with Gasteiger partial charge in [0, 0.05) is 17.3 Å². The van der Waals surface area contributed by atoms with Gasteiger partial charge in [-0.2, -0.15) is 13.2 Å². The van der Waals surface area contributed by atoms with Crippen LogP contribution in [0.3, 0.4) is 0 Å². The number of hydrogen-bond donors (Lipinski definition) is 2. The topological polar surface area (TPSA) is 30.4 Å². The van der Waals surface area contributed by atoms with Crippen LogP contribution in [0.5, 0.6) is 0 Å². The number of nitrogens with two attached hydrogens (primary N) is 1. The first-order valence-electron chi connectivity index (χ1n) is 4.06. The molecular weight excluding hydrogens is 225 g/mol. The van der Waals surface area contributed by atoms with E-state index in [0.29, 0.717) is 0 Å². The number of alkyl halides is 3. The second-order valence-electron chi connectivity index (χ2n) is 3.11. The quantitative estimate of drug-likeness (QED) is 0.672. The number of pyridine rings is 1. The van der Waals surface area contributed by atoms with Crippen LogP contribution in [0.1, 0.15) is 5.56 Å². The summed E-state index contributed by atoms with van der Waals surface area (Å²) in [6.45, 7) is 0. The average Bonchev–Trinajstić information content (AvgIpc) is 2.44. The molecule has 0 aromatic carbocycles. The molecule has 0 spiro atoms. The SMILES string of the molecule is Nc1cccn2cc(C(F)(F)F)c(S)c12. The lowest BCUT2D eigenvalue weighted by molar-refractivity contribution is -0.139. The Bertz CT molecular complexity index is 516. The molecule has 0 aliphatic carbocycles. The van der Waals surface area contributed by atoms with Gasteiger partial charge in [0.15, 0.2) is 0 Å². The molecule has 2 N–H and O–H groups in total. The van der Waals surface area contributed by atoms with E-state index in [-0.39, 0.29) is 16.1 Å². The Kier molecular flexibility index (Phi) is 2.11. The van der Waals surface area contributed by atoms with Crippen molar-refractivity contribution in [1.82, 2.24) is 4.40 Å². The number of rotatable bonds is 0. The summed E-state index contributed by atoms with van der Waals surface area (Å²) < 4.78 is 38.9. The number of anilines is 1. The van der Waals surface area contributed by atoms with Crippen LogP contribution < -0.4 is 5.73 Å². The number of aromatic nitrogens is 1. The van der Waals surface area contributed by atoms with Crippen LogP contribution in [-0.2, 0) is 6.18 Å². The zero-order chi connectivity index (χ0) is 11.2. The van der Waals surface area contributed by atoms with E-state index in [1.54, 1.807) is 6.07 Å². The molecule has 2 nitrogen and oxygen atoms in total. The summed E-state index contributed by atoms with van der Waals surface area (Å²) in [5.41, 5.74) is 5.36. The fraction of sp³-hybridized carbons (Fsp3) is 0.111. The third-order valence-electron chi connectivity index (χ3n) is 2.11. The summed E-state index contributed by atoms with van der Waals surface area (Å²) in [5, 5.41) is 0. The van der Waals surface area contributed by atoms with Crippen molar-refractivity contribution >= 4 is 23.8 Å². The number of fused-ring (bicyclic) bond motifs is 1. The Hall–Kier alpha value is -1.30. The Morgan fingerprint density at radius 1 is 1.33 bits per heavy atom. The highest BCUT2D eigenvalue weighted by molar-refractivity contribution is 7.80. The third kappa shape index (κ3) is 1.54. The maximum Gasteiger partial charge on any atom is 0.418 e. The molecule has 0 aliphatic heterocycles. The first kappa shape index (κ1) is 10.2. The van der Waals surface area contributed by atoms with Crippen molar-refractivity contribution in [1.29, 1.82) is 0 Å². The van der Waals surface area contributed by atoms with Gasteiger partial charge in [0.05, 0.1) is 16.8 Å². The van der Waals surface area contributed by atoms with Gasteiger partial charge in [-0.1, -0.05) is 0 Å². The van der Waals surface area contributed by atoms with E-state index in [0.717, 1.165) is 6.20 Å². The van der Waals surface area contributed by atoms with Crippen molar-refractivity contribution in [3.05, 3.63) is 30.1 Å². The average molecular weight is 232 g/mol. The molecule has 80 valence electrons. The van der Waals surface area contributed by atoms with E-state index in [9.17, 15) is 13.2 Å². The van der Waals surface area contributed by atoms with Crippen LogP contribution in [0, 0.1) is 0 Å². The molecule has 0 bridgehead atoms. The monoisotopic (exact) mass is 232 g/mol. The van der Waals surface area contributed by atoms with Gasteiger partial charge in [0.2, 0.25) is 0 Å². The summed E-state index contributed by atoms with van der Waals surface area (Å²) >= 11 is 3.86. The summed E-state index contributed by atoms with van der Waals surface area (Å²) in [4.78, 5) is -0.138.